The molecule has 33 heavy (non-hydrogen) atoms. The number of hydrogen-bond donors (Lipinski definition) is 1. The number of anilines is 3. The molecule has 4 aromatic rings. The Morgan fingerprint density at radius 1 is 1.21 bits per heavy atom. The van der Waals surface area contributed by atoms with Crippen molar-refractivity contribution in [2.24, 2.45) is 0 Å². The second kappa shape index (κ2) is 9.07. The lowest BCUT2D eigenvalue weighted by Crippen LogP contribution is -2.27. The minimum Gasteiger partial charge on any atom is -0.449 e. The van der Waals surface area contributed by atoms with Gasteiger partial charge in [-0.05, 0) is 57.2 Å². The Morgan fingerprint density at radius 3 is 2.58 bits per heavy atom. The first kappa shape index (κ1) is 22.5. The molecule has 7 nitrogen and oxygen atoms in total. The highest BCUT2D eigenvalue weighted by Crippen LogP contribution is 2.44. The second-order valence-electron chi connectivity index (χ2n) is 7.34. The number of aromatic nitrogens is 2. The maximum atomic E-state index is 13.8. The highest BCUT2D eigenvalue weighted by Gasteiger charge is 2.29. The molecule has 1 N–H and O–H groups in total. The van der Waals surface area contributed by atoms with Gasteiger partial charge in [0.1, 0.15) is 17.2 Å². The number of pyridine rings is 2. The van der Waals surface area contributed by atoms with E-state index in [0.717, 1.165) is 17.0 Å². The molecule has 1 amide bonds. The lowest BCUT2D eigenvalue weighted by molar-refractivity contribution is 0.162. The Bertz CT molecular complexity index is 1340. The summed E-state index contributed by atoms with van der Waals surface area (Å²) < 4.78 is 25.3. The lowest BCUT2D eigenvalue weighted by atomic mass is 10.1. The molecule has 0 radical (unpaired) electrons. The molecular weight excluding hydrogens is 447 g/mol. The van der Waals surface area contributed by atoms with E-state index in [1.165, 1.54) is 23.1 Å². The molecule has 0 fully saturated rings. The van der Waals surface area contributed by atoms with Crippen molar-refractivity contribution in [3.8, 4) is 11.3 Å². The summed E-state index contributed by atoms with van der Waals surface area (Å²) >= 11 is 6.02. The Morgan fingerprint density at radius 2 is 1.94 bits per heavy atom. The zero-order chi connectivity index (χ0) is 23.7. The van der Waals surface area contributed by atoms with Crippen molar-refractivity contribution in [3.63, 3.8) is 0 Å². The highest BCUT2D eigenvalue weighted by atomic mass is 35.5. The van der Waals surface area contributed by atoms with E-state index in [9.17, 15) is 9.18 Å². The number of benzene rings is 1. The largest absolute Gasteiger partial charge is 0.449 e. The molecule has 3 aromatic heterocycles. The average Bonchev–Trinajstić information content (AvgIpc) is 3.14. The van der Waals surface area contributed by atoms with Crippen molar-refractivity contribution >= 4 is 45.9 Å². The minimum absolute atomic E-state index is 0.120. The third-order valence-corrected chi connectivity index (χ3v) is 5.29. The summed E-state index contributed by atoms with van der Waals surface area (Å²) in [6.07, 6.45) is 0.982. The van der Waals surface area contributed by atoms with E-state index in [1.807, 2.05) is 26.0 Å². The predicted molar refractivity (Wildman–Crippen MR) is 127 cm³/mol. The van der Waals surface area contributed by atoms with Crippen LogP contribution in [-0.4, -0.2) is 29.7 Å². The zero-order valence-electron chi connectivity index (χ0n) is 18.6. The van der Waals surface area contributed by atoms with Gasteiger partial charge >= 0.3 is 6.09 Å². The molecule has 0 atom stereocenters. The van der Waals surface area contributed by atoms with E-state index < -0.39 is 11.9 Å². The molecule has 0 aliphatic heterocycles. The smallest absolute Gasteiger partial charge is 0.419 e. The number of nitrogens with one attached hydrogen (secondary N) is 1. The summed E-state index contributed by atoms with van der Waals surface area (Å²) in [5, 5.41) is 3.49. The third-order valence-electron chi connectivity index (χ3n) is 5.00. The van der Waals surface area contributed by atoms with Gasteiger partial charge in [0, 0.05) is 30.2 Å². The molecule has 0 saturated heterocycles. The molecule has 0 aliphatic rings. The molecule has 4 rings (SSSR count). The van der Waals surface area contributed by atoms with Gasteiger partial charge in [-0.25, -0.2) is 14.1 Å². The van der Waals surface area contributed by atoms with E-state index >= 15 is 0 Å². The number of carbonyl (C=O) groups is 1. The van der Waals surface area contributed by atoms with Crippen LogP contribution in [0.1, 0.15) is 18.3 Å². The SMILES string of the molecule is CCOC(=O)N(c1ccc(F)c(Cl)c1)c1c(NC)oc2c(-c3cc(C)nc(C)c3)nccc12. The first-order valence-electron chi connectivity index (χ1n) is 10.3. The van der Waals surface area contributed by atoms with Gasteiger partial charge in [0.25, 0.3) is 0 Å². The quantitative estimate of drug-likeness (QED) is 0.354. The van der Waals surface area contributed by atoms with Gasteiger partial charge in [-0.15, -0.1) is 0 Å². The van der Waals surface area contributed by atoms with Gasteiger partial charge in [-0.2, -0.15) is 0 Å². The number of aryl methyl sites for hydroxylation is 2. The molecule has 170 valence electrons. The number of ether oxygens (including phenoxy) is 1. The van der Waals surface area contributed by atoms with Gasteiger partial charge in [0.15, 0.2) is 5.58 Å². The van der Waals surface area contributed by atoms with Crippen LogP contribution in [-0.2, 0) is 4.74 Å². The Hall–Kier alpha value is -3.65. The molecule has 0 saturated carbocycles. The van der Waals surface area contributed by atoms with Crippen molar-refractivity contribution in [3.05, 3.63) is 64.8 Å². The fourth-order valence-electron chi connectivity index (χ4n) is 3.72. The van der Waals surface area contributed by atoms with Crippen LogP contribution in [0, 0.1) is 19.7 Å². The summed E-state index contributed by atoms with van der Waals surface area (Å²) in [7, 11) is 1.68. The van der Waals surface area contributed by atoms with E-state index in [1.54, 1.807) is 26.2 Å². The van der Waals surface area contributed by atoms with Crippen molar-refractivity contribution in [1.82, 2.24) is 9.97 Å². The van der Waals surface area contributed by atoms with Crippen LogP contribution in [0.15, 0.2) is 47.0 Å². The standard InChI is InChI=1S/C24H22ClFN4O3/c1-5-32-24(31)30(16-6-7-19(26)18(25)12-16)21-17-8-9-28-20(22(17)33-23(21)27-4)15-10-13(2)29-14(3)11-15/h6-12,27H,5H2,1-4H3. The Kier molecular flexibility index (Phi) is 6.20. The molecule has 0 spiro atoms. The van der Waals surface area contributed by atoms with Crippen LogP contribution in [0.25, 0.3) is 22.2 Å². The van der Waals surface area contributed by atoms with Gasteiger partial charge in [0.2, 0.25) is 5.88 Å². The van der Waals surface area contributed by atoms with E-state index in [0.29, 0.717) is 33.9 Å². The zero-order valence-corrected chi connectivity index (χ0v) is 19.3. The number of carbonyl (C=O) groups excluding carboxylic acids is 1. The monoisotopic (exact) mass is 468 g/mol. The first-order chi connectivity index (χ1) is 15.8. The first-order valence-corrected chi connectivity index (χ1v) is 10.7. The molecule has 0 aliphatic carbocycles. The highest BCUT2D eigenvalue weighted by molar-refractivity contribution is 6.31. The van der Waals surface area contributed by atoms with Crippen molar-refractivity contribution in [1.29, 1.82) is 0 Å². The van der Waals surface area contributed by atoms with Gasteiger partial charge in [-0.1, -0.05) is 11.6 Å². The molecule has 0 bridgehead atoms. The number of hydrogen-bond acceptors (Lipinski definition) is 6. The molecule has 9 heteroatoms. The fourth-order valence-corrected chi connectivity index (χ4v) is 3.89. The van der Waals surface area contributed by atoms with Crippen LogP contribution in [0.5, 0.6) is 0 Å². The van der Waals surface area contributed by atoms with E-state index in [4.69, 9.17) is 20.8 Å². The van der Waals surface area contributed by atoms with Crippen molar-refractivity contribution < 1.29 is 18.3 Å². The van der Waals surface area contributed by atoms with Crippen molar-refractivity contribution in [2.45, 2.75) is 20.8 Å². The van der Waals surface area contributed by atoms with Gasteiger partial charge < -0.3 is 14.5 Å². The summed E-state index contributed by atoms with van der Waals surface area (Å²) in [4.78, 5) is 23.3. The van der Waals surface area contributed by atoms with E-state index in [2.05, 4.69) is 15.3 Å². The molecular formula is C24H22ClFN4O3. The van der Waals surface area contributed by atoms with Crippen LogP contribution < -0.4 is 10.2 Å². The summed E-state index contributed by atoms with van der Waals surface area (Å²) in [5.74, 6) is -0.278. The average molecular weight is 469 g/mol. The Balaban J connectivity index is 1.99. The fraction of sp³-hybridized carbons (Fsp3) is 0.208. The van der Waals surface area contributed by atoms with Crippen molar-refractivity contribution in [2.75, 3.05) is 23.9 Å². The number of fused-ring (bicyclic) bond motifs is 1. The molecule has 3 heterocycles. The number of amides is 1. The number of halogens is 2. The maximum absolute atomic E-state index is 13.8. The van der Waals surface area contributed by atoms with Gasteiger partial charge in [-0.3, -0.25) is 9.97 Å². The van der Waals surface area contributed by atoms with Crippen LogP contribution in [0.3, 0.4) is 0 Å². The predicted octanol–water partition coefficient (Wildman–Crippen LogP) is 6.64. The summed E-state index contributed by atoms with van der Waals surface area (Å²) in [5.41, 5.74) is 4.33. The number of rotatable bonds is 5. The van der Waals surface area contributed by atoms with E-state index in [-0.39, 0.29) is 11.6 Å². The number of furan rings is 1. The molecule has 0 unspecified atom stereocenters. The van der Waals surface area contributed by atoms with Gasteiger partial charge in [0.05, 0.1) is 22.7 Å². The van der Waals surface area contributed by atoms with Crippen LogP contribution >= 0.6 is 11.6 Å². The normalized spacial score (nSPS) is 11.0. The topological polar surface area (TPSA) is 80.5 Å². The summed E-state index contributed by atoms with van der Waals surface area (Å²) in [6.45, 7) is 5.67. The molecule has 1 aromatic carbocycles. The van der Waals surface area contributed by atoms with Crippen LogP contribution in [0.4, 0.5) is 26.4 Å². The number of nitrogens with zero attached hydrogens (tertiary/aromatic N) is 3. The second-order valence-corrected chi connectivity index (χ2v) is 7.74. The summed E-state index contributed by atoms with van der Waals surface area (Å²) in [6, 6.07) is 9.59. The third kappa shape index (κ3) is 4.21. The Labute approximate surface area is 195 Å². The lowest BCUT2D eigenvalue weighted by Gasteiger charge is -2.22. The van der Waals surface area contributed by atoms with Crippen LogP contribution in [0.2, 0.25) is 5.02 Å². The minimum atomic E-state index is -0.659. The maximum Gasteiger partial charge on any atom is 0.419 e.